The Hall–Kier alpha value is -1.13. The molecule has 88 valence electrons. The van der Waals surface area contributed by atoms with Crippen molar-refractivity contribution in [1.82, 2.24) is 9.78 Å². The molecule has 0 amide bonds. The minimum absolute atomic E-state index is 0.348. The second-order valence-corrected chi connectivity index (χ2v) is 5.26. The van der Waals surface area contributed by atoms with Crippen molar-refractivity contribution in [3.8, 4) is 5.69 Å². The number of rotatable bonds is 1. The lowest BCUT2D eigenvalue weighted by Gasteiger charge is -2.18. The van der Waals surface area contributed by atoms with Crippen molar-refractivity contribution >= 4 is 15.9 Å². The maximum atomic E-state index is 9.91. The normalized spacial score (nSPS) is 19.1. The molecule has 3 nitrogen and oxygen atoms in total. The average molecular weight is 293 g/mol. The summed E-state index contributed by atoms with van der Waals surface area (Å²) < 4.78 is 2.97. The number of hydrogen-bond donors (Lipinski definition) is 1. The van der Waals surface area contributed by atoms with E-state index in [0.29, 0.717) is 0 Å². The van der Waals surface area contributed by atoms with Crippen molar-refractivity contribution in [2.75, 3.05) is 0 Å². The molecule has 1 aliphatic carbocycles. The van der Waals surface area contributed by atoms with Gasteiger partial charge in [0, 0.05) is 10.0 Å². The van der Waals surface area contributed by atoms with Crippen LogP contribution in [-0.2, 0) is 6.42 Å². The Labute approximate surface area is 108 Å². The predicted octanol–water partition coefficient (Wildman–Crippen LogP) is 3.00. The van der Waals surface area contributed by atoms with Gasteiger partial charge in [0.05, 0.1) is 23.7 Å². The molecule has 1 aromatic carbocycles. The van der Waals surface area contributed by atoms with Gasteiger partial charge in [0.1, 0.15) is 0 Å². The Morgan fingerprint density at radius 1 is 1.41 bits per heavy atom. The summed E-state index contributed by atoms with van der Waals surface area (Å²) in [4.78, 5) is 0. The molecule has 1 aromatic heterocycles. The van der Waals surface area contributed by atoms with Crippen molar-refractivity contribution in [1.29, 1.82) is 0 Å². The number of aromatic nitrogens is 2. The van der Waals surface area contributed by atoms with Gasteiger partial charge in [0.15, 0.2) is 0 Å². The van der Waals surface area contributed by atoms with Crippen LogP contribution in [-0.4, -0.2) is 14.9 Å². The van der Waals surface area contributed by atoms with Crippen LogP contribution in [0.25, 0.3) is 5.69 Å². The Morgan fingerprint density at radius 3 is 3.12 bits per heavy atom. The summed E-state index contributed by atoms with van der Waals surface area (Å²) >= 11 is 3.47. The highest BCUT2D eigenvalue weighted by Crippen LogP contribution is 2.31. The highest BCUT2D eigenvalue weighted by Gasteiger charge is 2.22. The molecule has 0 saturated carbocycles. The van der Waals surface area contributed by atoms with Crippen LogP contribution in [0.5, 0.6) is 0 Å². The second-order valence-electron chi connectivity index (χ2n) is 4.35. The van der Waals surface area contributed by atoms with Crippen molar-refractivity contribution in [2.24, 2.45) is 0 Å². The number of aliphatic hydroxyl groups is 1. The summed E-state index contributed by atoms with van der Waals surface area (Å²) in [6, 6.07) is 8.05. The summed E-state index contributed by atoms with van der Waals surface area (Å²) in [6.45, 7) is 0. The van der Waals surface area contributed by atoms with Gasteiger partial charge in [-0.15, -0.1) is 0 Å². The zero-order valence-electron chi connectivity index (χ0n) is 9.31. The fourth-order valence-electron chi connectivity index (χ4n) is 2.36. The maximum absolute atomic E-state index is 9.91. The Bertz CT molecular complexity index is 550. The molecule has 17 heavy (non-hydrogen) atoms. The van der Waals surface area contributed by atoms with Crippen LogP contribution in [0.1, 0.15) is 30.2 Å². The first-order valence-corrected chi connectivity index (χ1v) is 6.56. The summed E-state index contributed by atoms with van der Waals surface area (Å²) in [5.41, 5.74) is 3.16. The first-order valence-electron chi connectivity index (χ1n) is 5.76. The monoisotopic (exact) mass is 292 g/mol. The number of halogens is 1. The lowest BCUT2D eigenvalue weighted by atomic mass is 9.95. The molecule has 1 atom stereocenters. The first-order chi connectivity index (χ1) is 8.25. The van der Waals surface area contributed by atoms with Crippen molar-refractivity contribution in [3.05, 3.63) is 46.2 Å². The quantitative estimate of drug-likeness (QED) is 0.877. The van der Waals surface area contributed by atoms with E-state index in [-0.39, 0.29) is 6.10 Å². The summed E-state index contributed by atoms with van der Waals surface area (Å²) in [7, 11) is 0. The van der Waals surface area contributed by atoms with Crippen molar-refractivity contribution in [3.63, 3.8) is 0 Å². The molecule has 4 heteroatoms. The average Bonchev–Trinajstić information content (AvgIpc) is 2.74. The van der Waals surface area contributed by atoms with E-state index in [1.807, 2.05) is 28.9 Å². The molecule has 3 rings (SSSR count). The van der Waals surface area contributed by atoms with E-state index in [0.717, 1.165) is 40.7 Å². The van der Waals surface area contributed by atoms with E-state index in [1.165, 1.54) is 0 Å². The van der Waals surface area contributed by atoms with Gasteiger partial charge in [-0.25, -0.2) is 4.68 Å². The number of fused-ring (bicyclic) bond motifs is 1. The highest BCUT2D eigenvalue weighted by atomic mass is 79.9. The van der Waals surface area contributed by atoms with Crippen LogP contribution in [0, 0.1) is 0 Å². The molecular formula is C13H13BrN2O. The second kappa shape index (κ2) is 4.27. The molecule has 0 spiro atoms. The number of hydrogen-bond acceptors (Lipinski definition) is 2. The topological polar surface area (TPSA) is 38.1 Å². The standard InChI is InChI=1S/C13H13BrN2O/c14-9-3-1-4-10(7-9)16-12-5-2-6-13(17)11(12)8-15-16/h1,3-4,7-8,13,17H,2,5-6H2. The van der Waals surface area contributed by atoms with Gasteiger partial charge in [0.25, 0.3) is 0 Å². The highest BCUT2D eigenvalue weighted by molar-refractivity contribution is 9.10. The van der Waals surface area contributed by atoms with Crippen LogP contribution >= 0.6 is 15.9 Å². The third-order valence-electron chi connectivity index (χ3n) is 3.20. The Kier molecular flexibility index (Phi) is 2.76. The van der Waals surface area contributed by atoms with Gasteiger partial charge < -0.3 is 5.11 Å². The van der Waals surface area contributed by atoms with Gasteiger partial charge in [-0.05, 0) is 37.5 Å². The molecular weight excluding hydrogens is 280 g/mol. The van der Waals surface area contributed by atoms with E-state index in [2.05, 4.69) is 21.0 Å². The smallest absolute Gasteiger partial charge is 0.0823 e. The fourth-order valence-corrected chi connectivity index (χ4v) is 2.75. The zero-order valence-corrected chi connectivity index (χ0v) is 10.9. The van der Waals surface area contributed by atoms with E-state index < -0.39 is 0 Å². The largest absolute Gasteiger partial charge is 0.388 e. The van der Waals surface area contributed by atoms with E-state index in [1.54, 1.807) is 6.20 Å². The van der Waals surface area contributed by atoms with Crippen molar-refractivity contribution < 1.29 is 5.11 Å². The molecule has 1 heterocycles. The zero-order chi connectivity index (χ0) is 11.8. The van der Waals surface area contributed by atoms with E-state index in [9.17, 15) is 5.11 Å². The van der Waals surface area contributed by atoms with Crippen molar-refractivity contribution in [2.45, 2.75) is 25.4 Å². The minimum Gasteiger partial charge on any atom is -0.388 e. The van der Waals surface area contributed by atoms with E-state index >= 15 is 0 Å². The first kappa shape index (κ1) is 11.0. The van der Waals surface area contributed by atoms with Crippen LogP contribution in [0.15, 0.2) is 34.9 Å². The lowest BCUT2D eigenvalue weighted by Crippen LogP contribution is -2.11. The molecule has 0 saturated heterocycles. The van der Waals surface area contributed by atoms with E-state index in [4.69, 9.17) is 0 Å². The molecule has 0 bridgehead atoms. The predicted molar refractivity (Wildman–Crippen MR) is 69.2 cm³/mol. The Balaban J connectivity index is 2.10. The van der Waals surface area contributed by atoms with Crippen LogP contribution in [0.2, 0.25) is 0 Å². The van der Waals surface area contributed by atoms with Gasteiger partial charge >= 0.3 is 0 Å². The third-order valence-corrected chi connectivity index (χ3v) is 3.70. The molecule has 0 radical (unpaired) electrons. The molecule has 1 aliphatic rings. The third kappa shape index (κ3) is 1.91. The number of benzene rings is 1. The maximum Gasteiger partial charge on any atom is 0.0823 e. The fraction of sp³-hybridized carbons (Fsp3) is 0.308. The lowest BCUT2D eigenvalue weighted by molar-refractivity contribution is 0.156. The molecule has 0 aliphatic heterocycles. The summed E-state index contributed by atoms with van der Waals surface area (Å²) in [5, 5.41) is 14.3. The number of nitrogens with zero attached hydrogens (tertiary/aromatic N) is 2. The molecule has 1 unspecified atom stereocenters. The summed E-state index contributed by atoms with van der Waals surface area (Å²) in [5.74, 6) is 0. The molecule has 1 N–H and O–H groups in total. The van der Waals surface area contributed by atoms with Gasteiger partial charge in [0.2, 0.25) is 0 Å². The number of aliphatic hydroxyl groups excluding tert-OH is 1. The van der Waals surface area contributed by atoms with Crippen LogP contribution < -0.4 is 0 Å². The minimum atomic E-state index is -0.348. The molecule has 2 aromatic rings. The Morgan fingerprint density at radius 2 is 2.29 bits per heavy atom. The van der Waals surface area contributed by atoms with Gasteiger partial charge in [-0.3, -0.25) is 0 Å². The SMILES string of the molecule is OC1CCCc2c1cnn2-c1cccc(Br)c1. The van der Waals surface area contributed by atoms with Crippen LogP contribution in [0.4, 0.5) is 0 Å². The van der Waals surface area contributed by atoms with Gasteiger partial charge in [-0.1, -0.05) is 22.0 Å². The van der Waals surface area contributed by atoms with Gasteiger partial charge in [-0.2, -0.15) is 5.10 Å². The summed E-state index contributed by atoms with van der Waals surface area (Å²) in [6.07, 6.45) is 4.30. The van der Waals surface area contributed by atoms with Crippen LogP contribution in [0.3, 0.4) is 0 Å². The molecule has 0 fully saturated rings.